The van der Waals surface area contributed by atoms with Crippen LogP contribution in [-0.4, -0.2) is 0 Å². The molecule has 0 radical (unpaired) electrons. The topological polar surface area (TPSA) is 0 Å². The first-order valence-corrected chi connectivity index (χ1v) is 10.9. The molecule has 0 amide bonds. The summed E-state index contributed by atoms with van der Waals surface area (Å²) in [5.74, 6) is -1.79. The molecule has 3 rings (SSSR count). The zero-order valence-electron chi connectivity index (χ0n) is 17.3. The summed E-state index contributed by atoms with van der Waals surface area (Å²) in [7, 11) is 0. The Morgan fingerprint density at radius 1 is 0.759 bits per heavy atom. The number of aryl methyl sites for hydroxylation is 3. The lowest BCUT2D eigenvalue weighted by Crippen LogP contribution is -2.15. The molecule has 2 aromatic rings. The summed E-state index contributed by atoms with van der Waals surface area (Å²) >= 11 is 0. The number of hydrogen-bond donors (Lipinski definition) is 0. The maximum absolute atomic E-state index is 14.7. The van der Waals surface area contributed by atoms with Gasteiger partial charge in [0.05, 0.1) is 0 Å². The van der Waals surface area contributed by atoms with Gasteiger partial charge in [-0.3, -0.25) is 0 Å². The van der Waals surface area contributed by atoms with Crippen molar-refractivity contribution in [3.63, 3.8) is 0 Å². The van der Waals surface area contributed by atoms with Crippen LogP contribution in [0.4, 0.5) is 17.6 Å². The van der Waals surface area contributed by atoms with Crippen molar-refractivity contribution in [3.05, 3.63) is 69.8 Å². The van der Waals surface area contributed by atoms with Crippen LogP contribution in [0.5, 0.6) is 0 Å². The van der Waals surface area contributed by atoms with Gasteiger partial charge in [-0.25, -0.2) is 17.6 Å². The fourth-order valence-electron chi connectivity index (χ4n) is 4.64. The molecule has 0 aromatic heterocycles. The van der Waals surface area contributed by atoms with Crippen LogP contribution in [0, 0.1) is 29.2 Å². The number of hydrogen-bond acceptors (Lipinski definition) is 0. The largest absolute Gasteiger partial charge is 0.207 e. The fourth-order valence-corrected chi connectivity index (χ4v) is 4.64. The van der Waals surface area contributed by atoms with Crippen molar-refractivity contribution >= 4 is 0 Å². The minimum Gasteiger partial charge on any atom is -0.207 e. The molecule has 1 saturated carbocycles. The average Bonchev–Trinajstić information content (AvgIpc) is 2.72. The smallest absolute Gasteiger partial charge is 0.162 e. The van der Waals surface area contributed by atoms with E-state index in [0.717, 1.165) is 25.7 Å². The molecule has 0 heterocycles. The van der Waals surface area contributed by atoms with Gasteiger partial charge in [-0.05, 0) is 91.2 Å². The van der Waals surface area contributed by atoms with Crippen molar-refractivity contribution in [2.75, 3.05) is 0 Å². The van der Waals surface area contributed by atoms with E-state index in [9.17, 15) is 17.6 Å². The Hall–Kier alpha value is -1.84. The summed E-state index contributed by atoms with van der Waals surface area (Å²) in [5, 5.41) is 0. The van der Waals surface area contributed by atoms with Gasteiger partial charge < -0.3 is 0 Å². The molecule has 4 heteroatoms. The van der Waals surface area contributed by atoms with Gasteiger partial charge in [-0.2, -0.15) is 0 Å². The average molecular weight is 407 g/mol. The molecule has 1 aliphatic rings. The molecule has 0 bridgehead atoms. The van der Waals surface area contributed by atoms with E-state index in [1.807, 2.05) is 0 Å². The van der Waals surface area contributed by atoms with Crippen LogP contribution >= 0.6 is 0 Å². The molecular formula is C25H30F4. The molecule has 0 atom stereocenters. The predicted molar refractivity (Wildman–Crippen MR) is 109 cm³/mol. The first-order chi connectivity index (χ1) is 13.9. The Kier molecular flexibility index (Phi) is 7.37. The minimum atomic E-state index is -0.884. The monoisotopic (exact) mass is 406 g/mol. The van der Waals surface area contributed by atoms with Crippen LogP contribution in [0.3, 0.4) is 0 Å². The first kappa shape index (κ1) is 21.9. The first-order valence-electron chi connectivity index (χ1n) is 10.9. The van der Waals surface area contributed by atoms with Crippen molar-refractivity contribution in [2.45, 2.75) is 77.6 Å². The third-order valence-corrected chi connectivity index (χ3v) is 6.44. The molecule has 0 saturated heterocycles. The van der Waals surface area contributed by atoms with Crippen LogP contribution in [0.1, 0.15) is 80.5 Å². The predicted octanol–water partition coefficient (Wildman–Crippen LogP) is 7.66. The van der Waals surface area contributed by atoms with Gasteiger partial charge in [0, 0.05) is 0 Å². The van der Waals surface area contributed by atoms with Crippen molar-refractivity contribution in [2.24, 2.45) is 5.92 Å². The molecule has 2 aromatic carbocycles. The van der Waals surface area contributed by atoms with Gasteiger partial charge in [-0.1, -0.05) is 38.8 Å². The summed E-state index contributed by atoms with van der Waals surface area (Å²) in [6.07, 6.45) is 6.98. The molecule has 1 fully saturated rings. The highest BCUT2D eigenvalue weighted by Gasteiger charge is 2.25. The van der Waals surface area contributed by atoms with Crippen molar-refractivity contribution in [3.8, 4) is 0 Å². The molecule has 29 heavy (non-hydrogen) atoms. The molecule has 0 N–H and O–H groups in total. The number of halogens is 4. The van der Waals surface area contributed by atoms with E-state index in [2.05, 4.69) is 6.92 Å². The lowest BCUT2D eigenvalue weighted by atomic mass is 9.77. The van der Waals surface area contributed by atoms with Crippen LogP contribution in [0.2, 0.25) is 0 Å². The highest BCUT2D eigenvalue weighted by molar-refractivity contribution is 5.31. The van der Waals surface area contributed by atoms with E-state index >= 15 is 0 Å². The van der Waals surface area contributed by atoms with E-state index in [4.69, 9.17) is 0 Å². The second-order valence-electron chi connectivity index (χ2n) is 8.34. The highest BCUT2D eigenvalue weighted by atomic mass is 19.2. The van der Waals surface area contributed by atoms with Gasteiger partial charge in [0.25, 0.3) is 0 Å². The van der Waals surface area contributed by atoms with Gasteiger partial charge in [0.2, 0.25) is 0 Å². The SMILES string of the molecule is CCCC1CCC(c2cc(F)c(CCc3ccc(CC)c(F)c3F)cc2F)CC1. The molecular weight excluding hydrogens is 376 g/mol. The van der Waals surface area contributed by atoms with Crippen molar-refractivity contribution in [1.82, 2.24) is 0 Å². The van der Waals surface area contributed by atoms with E-state index < -0.39 is 17.5 Å². The van der Waals surface area contributed by atoms with Gasteiger partial charge >= 0.3 is 0 Å². The van der Waals surface area contributed by atoms with Crippen LogP contribution in [0.15, 0.2) is 24.3 Å². The Labute approximate surface area is 171 Å². The molecule has 0 nitrogen and oxygen atoms in total. The van der Waals surface area contributed by atoms with Crippen molar-refractivity contribution in [1.29, 1.82) is 0 Å². The zero-order valence-corrected chi connectivity index (χ0v) is 17.3. The number of benzene rings is 2. The van der Waals surface area contributed by atoms with E-state index in [1.54, 1.807) is 13.0 Å². The van der Waals surface area contributed by atoms with Crippen LogP contribution in [-0.2, 0) is 19.3 Å². The van der Waals surface area contributed by atoms with E-state index in [1.165, 1.54) is 31.0 Å². The lowest BCUT2D eigenvalue weighted by molar-refractivity contribution is 0.304. The van der Waals surface area contributed by atoms with Crippen LogP contribution < -0.4 is 0 Å². The standard InChI is InChI=1S/C25H30F4/c1-3-5-16-6-8-18(9-7-16)21-15-22(26)20(14-23(21)27)13-12-19-11-10-17(4-2)24(28)25(19)29/h10-11,14-16,18H,3-9,12-13H2,1-2H3. The molecule has 0 aliphatic heterocycles. The Bertz CT molecular complexity index is 835. The summed E-state index contributed by atoms with van der Waals surface area (Å²) < 4.78 is 57.5. The maximum atomic E-state index is 14.7. The van der Waals surface area contributed by atoms with E-state index in [0.29, 0.717) is 23.5 Å². The summed E-state index contributed by atoms with van der Waals surface area (Å²) in [4.78, 5) is 0. The Morgan fingerprint density at radius 3 is 2.03 bits per heavy atom. The highest BCUT2D eigenvalue weighted by Crippen LogP contribution is 2.39. The quantitative estimate of drug-likeness (QED) is 0.414. The fraction of sp³-hybridized carbons (Fsp3) is 0.520. The Morgan fingerprint density at radius 2 is 1.38 bits per heavy atom. The van der Waals surface area contributed by atoms with E-state index in [-0.39, 0.29) is 35.7 Å². The normalized spacial score (nSPS) is 19.5. The Balaban J connectivity index is 1.69. The maximum Gasteiger partial charge on any atom is 0.162 e. The summed E-state index contributed by atoms with van der Waals surface area (Å²) in [6, 6.07) is 5.67. The summed E-state index contributed by atoms with van der Waals surface area (Å²) in [5.41, 5.74) is 1.19. The third-order valence-electron chi connectivity index (χ3n) is 6.44. The zero-order chi connectivity index (χ0) is 21.0. The molecule has 0 spiro atoms. The molecule has 0 unspecified atom stereocenters. The van der Waals surface area contributed by atoms with Crippen LogP contribution in [0.25, 0.3) is 0 Å². The molecule has 1 aliphatic carbocycles. The summed E-state index contributed by atoms with van der Waals surface area (Å²) in [6.45, 7) is 3.94. The second kappa shape index (κ2) is 9.77. The van der Waals surface area contributed by atoms with Gasteiger partial charge in [0.15, 0.2) is 11.6 Å². The molecule has 158 valence electrons. The lowest BCUT2D eigenvalue weighted by Gasteiger charge is -2.29. The van der Waals surface area contributed by atoms with Gasteiger partial charge in [0.1, 0.15) is 11.6 Å². The second-order valence-corrected chi connectivity index (χ2v) is 8.34. The van der Waals surface area contributed by atoms with Crippen molar-refractivity contribution < 1.29 is 17.6 Å². The third kappa shape index (κ3) is 5.02. The minimum absolute atomic E-state index is 0.0692. The van der Waals surface area contributed by atoms with Gasteiger partial charge in [-0.15, -0.1) is 0 Å². The number of rotatable bonds is 7.